The van der Waals surface area contributed by atoms with Gasteiger partial charge in [0, 0.05) is 69.5 Å². The molecule has 3 aliphatic rings. The molecule has 3 atom stereocenters. The molecule has 46 heavy (non-hydrogen) atoms. The van der Waals surface area contributed by atoms with Gasteiger partial charge < -0.3 is 9.80 Å². The standard InChI is InChI=1S/C32H36F6N6OS/c1-46-30(40-21-39)43-9-7-27(20-43)42-13-11-41(12-14-42)26-8-10-44(28(19-26)15-22-5-3-2-4-6-22)29(45)23-16-24(31(33,34)35)18-25(17-23)32(36,37)38/h2-6,16-18,26-28H,7-15,19-20H2,1H3. The summed E-state index contributed by atoms with van der Waals surface area (Å²) in [4.78, 5) is 26.1. The Labute approximate surface area is 268 Å². The van der Waals surface area contributed by atoms with E-state index in [1.807, 2.05) is 42.8 Å². The van der Waals surface area contributed by atoms with Crippen LogP contribution in [0.3, 0.4) is 0 Å². The van der Waals surface area contributed by atoms with Crippen LogP contribution in [0.1, 0.15) is 46.3 Å². The number of nitrogens with zero attached hydrogens (tertiary/aromatic N) is 6. The Morgan fingerprint density at radius 2 is 1.48 bits per heavy atom. The lowest BCUT2D eigenvalue weighted by atomic mass is 9.90. The largest absolute Gasteiger partial charge is 0.416 e. The number of likely N-dealkylation sites (tertiary alicyclic amines) is 2. The van der Waals surface area contributed by atoms with Crippen LogP contribution >= 0.6 is 11.8 Å². The summed E-state index contributed by atoms with van der Waals surface area (Å²) < 4.78 is 81.4. The molecule has 0 saturated carbocycles. The number of rotatable bonds is 5. The monoisotopic (exact) mass is 666 g/mol. The van der Waals surface area contributed by atoms with E-state index in [4.69, 9.17) is 5.26 Å². The van der Waals surface area contributed by atoms with Gasteiger partial charge in [0.05, 0.1) is 11.1 Å². The number of carbonyl (C=O) groups is 1. The van der Waals surface area contributed by atoms with Crippen LogP contribution in [0.5, 0.6) is 0 Å². The Morgan fingerprint density at radius 1 is 0.891 bits per heavy atom. The molecule has 14 heteroatoms. The molecule has 0 N–H and O–H groups in total. The van der Waals surface area contributed by atoms with Gasteiger partial charge in [0.15, 0.2) is 5.17 Å². The summed E-state index contributed by atoms with van der Waals surface area (Å²) in [5, 5.41) is 9.72. The highest BCUT2D eigenvalue weighted by molar-refractivity contribution is 8.13. The minimum atomic E-state index is -5.03. The van der Waals surface area contributed by atoms with Crippen LogP contribution in [0.25, 0.3) is 0 Å². The van der Waals surface area contributed by atoms with E-state index in [0.717, 1.165) is 56.4 Å². The predicted octanol–water partition coefficient (Wildman–Crippen LogP) is 5.83. The van der Waals surface area contributed by atoms with Gasteiger partial charge in [0.2, 0.25) is 6.19 Å². The molecule has 0 aliphatic carbocycles. The summed E-state index contributed by atoms with van der Waals surface area (Å²) in [7, 11) is 0. The lowest BCUT2D eigenvalue weighted by Gasteiger charge is -2.47. The molecule has 1 amide bonds. The number of hydrogen-bond donors (Lipinski definition) is 0. The molecule has 5 rings (SSSR count). The third-order valence-electron chi connectivity index (χ3n) is 9.24. The zero-order chi connectivity index (χ0) is 33.1. The molecule has 3 aliphatic heterocycles. The maximum absolute atomic E-state index is 13.7. The Morgan fingerprint density at radius 3 is 2.04 bits per heavy atom. The van der Waals surface area contributed by atoms with Gasteiger partial charge >= 0.3 is 12.4 Å². The lowest BCUT2D eigenvalue weighted by Crippen LogP contribution is -2.58. The zero-order valence-corrected chi connectivity index (χ0v) is 26.2. The molecule has 2 aromatic rings. The molecule has 7 nitrogen and oxygen atoms in total. The van der Waals surface area contributed by atoms with Crippen LogP contribution in [-0.4, -0.2) is 101 Å². The summed E-state index contributed by atoms with van der Waals surface area (Å²) in [6.07, 6.45) is -3.73. The van der Waals surface area contributed by atoms with E-state index >= 15 is 0 Å². The molecule has 0 radical (unpaired) electrons. The van der Waals surface area contributed by atoms with Crippen LogP contribution < -0.4 is 0 Å². The highest BCUT2D eigenvalue weighted by Crippen LogP contribution is 2.37. The fourth-order valence-electron chi connectivity index (χ4n) is 6.92. The van der Waals surface area contributed by atoms with Gasteiger partial charge in [0.1, 0.15) is 0 Å². The van der Waals surface area contributed by atoms with Crippen molar-refractivity contribution in [3.05, 3.63) is 70.8 Å². The van der Waals surface area contributed by atoms with E-state index in [0.29, 0.717) is 37.4 Å². The van der Waals surface area contributed by atoms with Crippen LogP contribution in [0.15, 0.2) is 53.5 Å². The van der Waals surface area contributed by atoms with Gasteiger partial charge in [-0.15, -0.1) is 4.99 Å². The van der Waals surface area contributed by atoms with Crippen molar-refractivity contribution in [2.75, 3.05) is 52.1 Å². The Balaban J connectivity index is 1.29. The van der Waals surface area contributed by atoms with E-state index in [1.54, 1.807) is 0 Å². The highest BCUT2D eigenvalue weighted by atomic mass is 32.2. The molecule has 3 unspecified atom stereocenters. The second-order valence-corrected chi connectivity index (χ2v) is 12.7. The number of carbonyl (C=O) groups excluding carboxylic acids is 1. The van der Waals surface area contributed by atoms with E-state index in [2.05, 4.69) is 19.7 Å². The van der Waals surface area contributed by atoms with Crippen molar-refractivity contribution in [3.8, 4) is 6.19 Å². The number of piperazine rings is 1. The van der Waals surface area contributed by atoms with E-state index < -0.39 is 41.0 Å². The Kier molecular flexibility index (Phi) is 10.5. The molecular weight excluding hydrogens is 630 g/mol. The second kappa shape index (κ2) is 14.2. The SMILES string of the molecule is CSC(=NC#N)N1CCC(N2CCN(C3CCN(C(=O)c4cc(C(F)(F)F)cc(C(F)(F)F)c4)C(Cc4ccccc4)C3)CC2)C1. The number of thioether (sulfide) groups is 1. The molecule has 2 aromatic carbocycles. The molecule has 3 heterocycles. The van der Waals surface area contributed by atoms with Gasteiger partial charge in [-0.1, -0.05) is 42.1 Å². The third kappa shape index (κ3) is 7.98. The minimum absolute atomic E-state index is 0.0504. The minimum Gasteiger partial charge on any atom is -0.349 e. The van der Waals surface area contributed by atoms with Gasteiger partial charge in [-0.3, -0.25) is 14.6 Å². The fraction of sp³-hybridized carbons (Fsp3) is 0.531. The fourth-order valence-corrected chi connectivity index (χ4v) is 7.48. The van der Waals surface area contributed by atoms with E-state index in [1.165, 1.54) is 16.7 Å². The summed E-state index contributed by atoms with van der Waals surface area (Å²) in [6.45, 7) is 5.23. The number of amides is 1. The van der Waals surface area contributed by atoms with Crippen molar-refractivity contribution >= 4 is 22.8 Å². The Hall–Kier alpha value is -3.28. The lowest BCUT2D eigenvalue weighted by molar-refractivity contribution is -0.143. The Bertz CT molecular complexity index is 1410. The predicted molar refractivity (Wildman–Crippen MR) is 164 cm³/mol. The normalized spacial score (nSPS) is 23.9. The first kappa shape index (κ1) is 34.1. The number of benzene rings is 2. The first-order valence-electron chi connectivity index (χ1n) is 15.3. The molecular formula is C32H36F6N6OS. The number of nitriles is 1. The van der Waals surface area contributed by atoms with Crippen molar-refractivity contribution in [1.82, 2.24) is 19.6 Å². The molecule has 3 saturated heterocycles. The maximum atomic E-state index is 13.7. The van der Waals surface area contributed by atoms with Crippen LogP contribution in [0.4, 0.5) is 26.3 Å². The van der Waals surface area contributed by atoms with Crippen molar-refractivity contribution in [3.63, 3.8) is 0 Å². The first-order valence-corrected chi connectivity index (χ1v) is 16.5. The van der Waals surface area contributed by atoms with Crippen LogP contribution in [0, 0.1) is 11.5 Å². The number of halogens is 6. The van der Waals surface area contributed by atoms with E-state index in [-0.39, 0.29) is 18.7 Å². The topological polar surface area (TPSA) is 66.2 Å². The maximum Gasteiger partial charge on any atom is 0.416 e. The number of amidine groups is 1. The van der Waals surface area contributed by atoms with Gasteiger partial charge in [0.25, 0.3) is 5.91 Å². The molecule has 0 spiro atoms. The quantitative estimate of drug-likeness (QED) is 0.173. The van der Waals surface area contributed by atoms with Gasteiger partial charge in [-0.25, -0.2) is 0 Å². The average molecular weight is 667 g/mol. The zero-order valence-electron chi connectivity index (χ0n) is 25.4. The number of aliphatic imine (C=N–C) groups is 1. The third-order valence-corrected chi connectivity index (χ3v) is 9.96. The number of hydrogen-bond acceptors (Lipinski definition) is 6. The molecule has 248 valence electrons. The molecule has 0 aromatic heterocycles. The summed E-state index contributed by atoms with van der Waals surface area (Å²) in [5.74, 6) is -0.823. The van der Waals surface area contributed by atoms with E-state index in [9.17, 15) is 31.1 Å². The summed E-state index contributed by atoms with van der Waals surface area (Å²) >= 11 is 1.46. The number of piperidine rings is 1. The van der Waals surface area contributed by atoms with Gasteiger partial charge in [-0.05, 0) is 55.7 Å². The summed E-state index contributed by atoms with van der Waals surface area (Å²) in [5.41, 5.74) is -2.66. The second-order valence-electron chi connectivity index (χ2n) is 12.0. The van der Waals surface area contributed by atoms with Crippen molar-refractivity contribution in [1.29, 1.82) is 5.26 Å². The van der Waals surface area contributed by atoms with Crippen molar-refractivity contribution in [2.45, 2.75) is 56.2 Å². The number of alkyl halides is 6. The molecule has 3 fully saturated rings. The van der Waals surface area contributed by atoms with Crippen molar-refractivity contribution in [2.24, 2.45) is 4.99 Å². The smallest absolute Gasteiger partial charge is 0.349 e. The first-order chi connectivity index (χ1) is 21.9. The van der Waals surface area contributed by atoms with Crippen LogP contribution in [0.2, 0.25) is 0 Å². The highest BCUT2D eigenvalue weighted by Gasteiger charge is 2.41. The van der Waals surface area contributed by atoms with Crippen molar-refractivity contribution < 1.29 is 31.1 Å². The molecule has 0 bridgehead atoms. The van der Waals surface area contributed by atoms with Crippen LogP contribution in [-0.2, 0) is 18.8 Å². The van der Waals surface area contributed by atoms with Gasteiger partial charge in [-0.2, -0.15) is 31.6 Å². The summed E-state index contributed by atoms with van der Waals surface area (Å²) in [6, 6.07) is 10.6. The average Bonchev–Trinajstić information content (AvgIpc) is 3.53.